The highest BCUT2D eigenvalue weighted by Crippen LogP contribution is 2.33. The number of aliphatic hydroxyl groups excluding tert-OH is 1. The van der Waals surface area contributed by atoms with Gasteiger partial charge in [0, 0.05) is 23.4 Å². The fourth-order valence-electron chi connectivity index (χ4n) is 2.49. The average molecular weight is 320 g/mol. The Morgan fingerprint density at radius 1 is 1.33 bits per heavy atom. The Morgan fingerprint density at radius 2 is 2.14 bits per heavy atom. The fraction of sp³-hybridized carbons (Fsp3) is 0.438. The quantitative estimate of drug-likeness (QED) is 0.733. The third kappa shape index (κ3) is 3.86. The third-order valence-electron chi connectivity index (χ3n) is 3.82. The molecule has 5 heteroatoms. The zero-order valence-electron chi connectivity index (χ0n) is 11.9. The van der Waals surface area contributed by atoms with Crippen molar-refractivity contribution in [2.24, 2.45) is 0 Å². The Kier molecular flexibility index (Phi) is 4.95. The van der Waals surface area contributed by atoms with Gasteiger partial charge in [-0.05, 0) is 24.8 Å². The summed E-state index contributed by atoms with van der Waals surface area (Å²) in [4.78, 5) is 4.31. The molecule has 21 heavy (non-hydrogen) atoms. The Balaban J connectivity index is 1.71. The molecule has 1 saturated carbocycles. The van der Waals surface area contributed by atoms with E-state index in [1.54, 1.807) is 23.1 Å². The fourth-order valence-corrected chi connectivity index (χ4v) is 4.29. The summed E-state index contributed by atoms with van der Waals surface area (Å²) in [6, 6.07) is 10.9. The van der Waals surface area contributed by atoms with Gasteiger partial charge in [-0.3, -0.25) is 0 Å². The summed E-state index contributed by atoms with van der Waals surface area (Å²) in [5.41, 5.74) is 0.853. The minimum absolute atomic E-state index is 0.131. The second-order valence-corrected chi connectivity index (χ2v) is 7.66. The van der Waals surface area contributed by atoms with Crippen molar-refractivity contribution in [3.8, 4) is 0 Å². The van der Waals surface area contributed by atoms with Gasteiger partial charge < -0.3 is 10.4 Å². The number of rotatable bonds is 8. The van der Waals surface area contributed by atoms with Crippen LogP contribution in [0.1, 0.15) is 24.8 Å². The zero-order chi connectivity index (χ0) is 14.5. The van der Waals surface area contributed by atoms with Crippen LogP contribution in [0.15, 0.2) is 46.2 Å². The van der Waals surface area contributed by atoms with E-state index in [2.05, 4.69) is 22.4 Å². The maximum atomic E-state index is 10.1. The highest BCUT2D eigenvalue weighted by atomic mass is 32.2. The molecule has 0 bridgehead atoms. The lowest BCUT2D eigenvalue weighted by atomic mass is 9.87. The smallest absolute Gasteiger partial charge is 0.149 e. The molecule has 0 aliphatic heterocycles. The summed E-state index contributed by atoms with van der Waals surface area (Å²) in [5.74, 6) is 0.947. The van der Waals surface area contributed by atoms with Crippen molar-refractivity contribution in [1.82, 2.24) is 10.3 Å². The van der Waals surface area contributed by atoms with E-state index in [1.807, 2.05) is 29.8 Å². The van der Waals surface area contributed by atoms with Crippen LogP contribution in [0, 0.1) is 0 Å². The van der Waals surface area contributed by atoms with Crippen LogP contribution in [0.25, 0.3) is 0 Å². The molecule has 0 saturated heterocycles. The van der Waals surface area contributed by atoms with Gasteiger partial charge in [-0.1, -0.05) is 42.1 Å². The van der Waals surface area contributed by atoms with Crippen LogP contribution in [-0.2, 0) is 5.54 Å². The molecule has 112 valence electrons. The Labute approximate surface area is 133 Å². The van der Waals surface area contributed by atoms with Gasteiger partial charge in [0.1, 0.15) is 4.34 Å². The maximum absolute atomic E-state index is 10.1. The lowest BCUT2D eigenvalue weighted by Crippen LogP contribution is -2.47. The first-order valence-electron chi connectivity index (χ1n) is 7.29. The molecule has 1 aliphatic rings. The molecule has 1 atom stereocenters. The second kappa shape index (κ2) is 6.92. The number of nitrogens with one attached hydrogen (secondary N) is 1. The first kappa shape index (κ1) is 15.0. The first-order chi connectivity index (χ1) is 10.3. The molecule has 2 aromatic rings. The number of benzene rings is 1. The molecule has 3 rings (SSSR count). The van der Waals surface area contributed by atoms with Crippen molar-refractivity contribution in [2.75, 3.05) is 12.4 Å². The minimum atomic E-state index is -0.327. The van der Waals surface area contributed by atoms with Crippen molar-refractivity contribution in [3.63, 3.8) is 0 Å². The van der Waals surface area contributed by atoms with Gasteiger partial charge in [0.25, 0.3) is 0 Å². The van der Waals surface area contributed by atoms with E-state index in [0.717, 1.165) is 16.5 Å². The second-order valence-electron chi connectivity index (χ2n) is 5.42. The zero-order valence-corrected chi connectivity index (χ0v) is 13.5. The van der Waals surface area contributed by atoms with Gasteiger partial charge in [-0.25, -0.2) is 4.98 Å². The van der Waals surface area contributed by atoms with Gasteiger partial charge in [0.05, 0.1) is 12.1 Å². The molecule has 0 radical (unpaired) electrons. The molecule has 3 nitrogen and oxygen atoms in total. The van der Waals surface area contributed by atoms with E-state index in [1.165, 1.54) is 18.4 Å². The standard InChI is InChI=1S/C16H20N2OS2/c19-12-16(18-14-6-7-14,13-4-2-1-3-5-13)8-10-20-15-17-9-11-21-15/h1-5,9,11,14,18-19H,6-8,10,12H2. The molecule has 1 aromatic heterocycles. The predicted molar refractivity (Wildman–Crippen MR) is 88.8 cm³/mol. The minimum Gasteiger partial charge on any atom is -0.394 e. The molecular formula is C16H20N2OS2. The van der Waals surface area contributed by atoms with E-state index in [4.69, 9.17) is 0 Å². The summed E-state index contributed by atoms with van der Waals surface area (Å²) in [6.45, 7) is 0.131. The maximum Gasteiger partial charge on any atom is 0.149 e. The molecule has 2 N–H and O–H groups in total. The van der Waals surface area contributed by atoms with Crippen LogP contribution >= 0.6 is 23.1 Å². The van der Waals surface area contributed by atoms with E-state index in [-0.39, 0.29) is 12.1 Å². The largest absolute Gasteiger partial charge is 0.394 e. The van der Waals surface area contributed by atoms with E-state index < -0.39 is 0 Å². The number of hydrogen-bond acceptors (Lipinski definition) is 5. The van der Waals surface area contributed by atoms with Gasteiger partial charge in [0.2, 0.25) is 0 Å². The van der Waals surface area contributed by atoms with Crippen LogP contribution < -0.4 is 5.32 Å². The Bertz CT molecular complexity index is 543. The SMILES string of the molecule is OCC(CCSc1nccs1)(NC1CC1)c1ccccc1. The van der Waals surface area contributed by atoms with Crippen molar-refractivity contribution in [3.05, 3.63) is 47.5 Å². The van der Waals surface area contributed by atoms with Crippen LogP contribution in [0.4, 0.5) is 0 Å². The Hall–Kier alpha value is -0.880. The van der Waals surface area contributed by atoms with Gasteiger partial charge in [-0.2, -0.15) is 0 Å². The predicted octanol–water partition coefficient (Wildman–Crippen LogP) is 3.27. The number of thioether (sulfide) groups is 1. The number of nitrogens with zero attached hydrogens (tertiary/aromatic N) is 1. The summed E-state index contributed by atoms with van der Waals surface area (Å²) < 4.78 is 1.10. The third-order valence-corrected chi connectivity index (χ3v) is 5.79. The molecule has 1 heterocycles. The summed E-state index contributed by atoms with van der Waals surface area (Å²) in [6.07, 6.45) is 5.17. The summed E-state index contributed by atoms with van der Waals surface area (Å²) in [5, 5.41) is 15.8. The molecule has 0 spiro atoms. The summed E-state index contributed by atoms with van der Waals surface area (Å²) in [7, 11) is 0. The molecular weight excluding hydrogens is 300 g/mol. The monoisotopic (exact) mass is 320 g/mol. The number of thiazole rings is 1. The highest BCUT2D eigenvalue weighted by Gasteiger charge is 2.36. The molecule has 1 unspecified atom stereocenters. The van der Waals surface area contributed by atoms with Crippen molar-refractivity contribution in [1.29, 1.82) is 0 Å². The molecule has 0 amide bonds. The van der Waals surface area contributed by atoms with Gasteiger partial charge >= 0.3 is 0 Å². The van der Waals surface area contributed by atoms with Crippen LogP contribution in [-0.4, -0.2) is 28.5 Å². The number of hydrogen-bond donors (Lipinski definition) is 2. The van der Waals surface area contributed by atoms with Crippen LogP contribution in [0.5, 0.6) is 0 Å². The van der Waals surface area contributed by atoms with Crippen molar-refractivity contribution < 1.29 is 5.11 Å². The normalized spacial score (nSPS) is 17.6. The summed E-state index contributed by atoms with van der Waals surface area (Å²) >= 11 is 3.44. The number of aromatic nitrogens is 1. The average Bonchev–Trinajstić information content (AvgIpc) is 3.19. The van der Waals surface area contributed by atoms with E-state index in [9.17, 15) is 5.11 Å². The first-order valence-corrected chi connectivity index (χ1v) is 9.15. The Morgan fingerprint density at radius 3 is 2.76 bits per heavy atom. The molecule has 1 fully saturated rings. The lowest BCUT2D eigenvalue weighted by molar-refractivity contribution is 0.154. The van der Waals surface area contributed by atoms with Crippen LogP contribution in [0.3, 0.4) is 0 Å². The molecule has 1 aliphatic carbocycles. The lowest BCUT2D eigenvalue weighted by Gasteiger charge is -2.34. The van der Waals surface area contributed by atoms with Crippen LogP contribution in [0.2, 0.25) is 0 Å². The number of aliphatic hydroxyl groups is 1. The van der Waals surface area contributed by atoms with E-state index >= 15 is 0 Å². The van der Waals surface area contributed by atoms with Gasteiger partial charge in [-0.15, -0.1) is 11.3 Å². The topological polar surface area (TPSA) is 45.2 Å². The van der Waals surface area contributed by atoms with Gasteiger partial charge in [0.15, 0.2) is 0 Å². The van der Waals surface area contributed by atoms with E-state index in [0.29, 0.717) is 6.04 Å². The molecule has 1 aromatic carbocycles. The van der Waals surface area contributed by atoms with Crippen molar-refractivity contribution in [2.45, 2.75) is 35.2 Å². The highest BCUT2D eigenvalue weighted by molar-refractivity contribution is 8.00. The van der Waals surface area contributed by atoms with Crippen molar-refractivity contribution >= 4 is 23.1 Å².